The van der Waals surface area contributed by atoms with E-state index < -0.39 is 0 Å². The van der Waals surface area contributed by atoms with E-state index in [1.807, 2.05) is 0 Å². The number of aryl methyl sites for hydroxylation is 1. The van der Waals surface area contributed by atoms with E-state index in [4.69, 9.17) is 5.11 Å². The molecule has 1 heterocycles. The molecule has 0 fully saturated rings. The standard InChI is InChI=1S/C12H17NO/c14-10-9-13-8-4-3-6-11-5-1-2-7-12(11)13/h1-2,5,7,14H,3-4,6,8-10H2. The van der Waals surface area contributed by atoms with Crippen molar-refractivity contribution in [3.63, 3.8) is 0 Å². The molecule has 14 heavy (non-hydrogen) atoms. The number of aliphatic hydroxyl groups excluding tert-OH is 1. The lowest BCUT2D eigenvalue weighted by Crippen LogP contribution is -2.27. The summed E-state index contributed by atoms with van der Waals surface area (Å²) in [7, 11) is 0. The average Bonchev–Trinajstić information content (AvgIpc) is 2.42. The molecule has 2 nitrogen and oxygen atoms in total. The van der Waals surface area contributed by atoms with E-state index in [1.165, 1.54) is 30.5 Å². The first kappa shape index (κ1) is 9.53. The fourth-order valence-electron chi connectivity index (χ4n) is 2.12. The molecule has 0 unspecified atom stereocenters. The summed E-state index contributed by atoms with van der Waals surface area (Å²) in [6.07, 6.45) is 3.67. The number of benzene rings is 1. The fraction of sp³-hybridized carbons (Fsp3) is 0.500. The number of fused-ring (bicyclic) bond motifs is 1. The lowest BCUT2D eigenvalue weighted by molar-refractivity contribution is 0.302. The van der Waals surface area contributed by atoms with Crippen molar-refractivity contribution in [1.82, 2.24) is 0 Å². The Morgan fingerprint density at radius 3 is 2.93 bits per heavy atom. The maximum atomic E-state index is 8.99. The molecule has 2 heteroatoms. The van der Waals surface area contributed by atoms with E-state index >= 15 is 0 Å². The highest BCUT2D eigenvalue weighted by Gasteiger charge is 2.13. The highest BCUT2D eigenvalue weighted by molar-refractivity contribution is 5.54. The van der Waals surface area contributed by atoms with Gasteiger partial charge in [0.05, 0.1) is 6.61 Å². The van der Waals surface area contributed by atoms with Crippen LogP contribution in [0.4, 0.5) is 5.69 Å². The zero-order valence-electron chi connectivity index (χ0n) is 8.45. The molecule has 0 radical (unpaired) electrons. The van der Waals surface area contributed by atoms with Crippen LogP contribution in [0.15, 0.2) is 24.3 Å². The van der Waals surface area contributed by atoms with Crippen molar-refractivity contribution >= 4 is 5.69 Å². The first-order valence-electron chi connectivity index (χ1n) is 5.35. The van der Waals surface area contributed by atoms with Crippen molar-refractivity contribution in [1.29, 1.82) is 0 Å². The van der Waals surface area contributed by atoms with Crippen LogP contribution in [0, 0.1) is 0 Å². The van der Waals surface area contributed by atoms with Crippen LogP contribution in [0.1, 0.15) is 18.4 Å². The number of para-hydroxylation sites is 1. The van der Waals surface area contributed by atoms with Crippen LogP contribution >= 0.6 is 0 Å². The number of nitrogens with zero attached hydrogens (tertiary/aromatic N) is 1. The summed E-state index contributed by atoms with van der Waals surface area (Å²) in [6, 6.07) is 8.54. The Kier molecular flexibility index (Phi) is 3.04. The van der Waals surface area contributed by atoms with E-state index in [0.717, 1.165) is 13.1 Å². The minimum atomic E-state index is 0.244. The summed E-state index contributed by atoms with van der Waals surface area (Å²) in [4.78, 5) is 2.29. The van der Waals surface area contributed by atoms with Gasteiger partial charge in [-0.3, -0.25) is 0 Å². The minimum absolute atomic E-state index is 0.244. The summed E-state index contributed by atoms with van der Waals surface area (Å²) in [5.74, 6) is 0. The Morgan fingerprint density at radius 1 is 1.21 bits per heavy atom. The number of anilines is 1. The predicted octanol–water partition coefficient (Wildman–Crippen LogP) is 1.82. The molecule has 2 rings (SSSR count). The maximum absolute atomic E-state index is 8.99. The number of hydrogen-bond acceptors (Lipinski definition) is 2. The van der Waals surface area contributed by atoms with Gasteiger partial charge in [0, 0.05) is 18.8 Å². The number of aliphatic hydroxyl groups is 1. The summed E-state index contributed by atoms with van der Waals surface area (Å²) >= 11 is 0. The normalized spacial score (nSPS) is 16.2. The van der Waals surface area contributed by atoms with E-state index in [0.29, 0.717) is 0 Å². The monoisotopic (exact) mass is 191 g/mol. The largest absolute Gasteiger partial charge is 0.395 e. The van der Waals surface area contributed by atoms with Gasteiger partial charge in [-0.05, 0) is 30.9 Å². The lowest BCUT2D eigenvalue weighted by Gasteiger charge is -2.23. The summed E-state index contributed by atoms with van der Waals surface area (Å²) in [5.41, 5.74) is 2.75. The summed E-state index contributed by atoms with van der Waals surface area (Å²) in [6.45, 7) is 2.09. The van der Waals surface area contributed by atoms with Crippen molar-refractivity contribution in [3.05, 3.63) is 29.8 Å². The lowest BCUT2D eigenvalue weighted by atomic mass is 10.1. The highest BCUT2D eigenvalue weighted by Crippen LogP contribution is 2.25. The Bertz CT molecular complexity index is 298. The molecule has 0 aliphatic carbocycles. The van der Waals surface area contributed by atoms with Crippen LogP contribution in [-0.4, -0.2) is 24.8 Å². The van der Waals surface area contributed by atoms with Gasteiger partial charge in [-0.15, -0.1) is 0 Å². The van der Waals surface area contributed by atoms with Gasteiger partial charge in [-0.25, -0.2) is 0 Å². The number of hydrogen-bond donors (Lipinski definition) is 1. The van der Waals surface area contributed by atoms with Crippen molar-refractivity contribution < 1.29 is 5.11 Å². The van der Waals surface area contributed by atoms with E-state index in [-0.39, 0.29) is 6.61 Å². The van der Waals surface area contributed by atoms with Gasteiger partial charge in [0.25, 0.3) is 0 Å². The zero-order chi connectivity index (χ0) is 9.80. The molecular weight excluding hydrogens is 174 g/mol. The Morgan fingerprint density at radius 2 is 2.07 bits per heavy atom. The quantitative estimate of drug-likeness (QED) is 0.770. The van der Waals surface area contributed by atoms with Crippen molar-refractivity contribution in [3.8, 4) is 0 Å². The minimum Gasteiger partial charge on any atom is -0.395 e. The summed E-state index contributed by atoms with van der Waals surface area (Å²) in [5, 5.41) is 8.99. The Labute approximate surface area is 85.2 Å². The molecule has 0 amide bonds. The van der Waals surface area contributed by atoms with Crippen LogP contribution in [0.2, 0.25) is 0 Å². The van der Waals surface area contributed by atoms with Gasteiger partial charge in [0.1, 0.15) is 0 Å². The third kappa shape index (κ3) is 1.90. The first-order valence-corrected chi connectivity index (χ1v) is 5.35. The fourth-order valence-corrected chi connectivity index (χ4v) is 2.12. The van der Waals surface area contributed by atoms with Gasteiger partial charge in [0.15, 0.2) is 0 Å². The van der Waals surface area contributed by atoms with E-state index in [1.54, 1.807) is 0 Å². The number of β-amino-alcohol motifs (C(OH)–C–C–N with tert-alkyl or cyclic N) is 1. The molecule has 1 aromatic carbocycles. The van der Waals surface area contributed by atoms with Crippen LogP contribution in [0.25, 0.3) is 0 Å². The molecule has 1 aliphatic heterocycles. The van der Waals surface area contributed by atoms with Crippen molar-refractivity contribution in [2.75, 3.05) is 24.6 Å². The zero-order valence-corrected chi connectivity index (χ0v) is 8.45. The third-order valence-electron chi connectivity index (χ3n) is 2.83. The molecule has 76 valence electrons. The van der Waals surface area contributed by atoms with Crippen LogP contribution < -0.4 is 4.90 Å². The SMILES string of the molecule is OCCN1CCCCc2ccccc21. The number of rotatable bonds is 2. The highest BCUT2D eigenvalue weighted by atomic mass is 16.3. The second-order valence-corrected chi connectivity index (χ2v) is 3.80. The molecule has 1 N–H and O–H groups in total. The Hall–Kier alpha value is -1.02. The molecular formula is C12H17NO. The summed E-state index contributed by atoms with van der Waals surface area (Å²) < 4.78 is 0. The van der Waals surface area contributed by atoms with Crippen molar-refractivity contribution in [2.45, 2.75) is 19.3 Å². The average molecular weight is 191 g/mol. The smallest absolute Gasteiger partial charge is 0.0606 e. The van der Waals surface area contributed by atoms with E-state index in [9.17, 15) is 0 Å². The molecule has 1 aromatic rings. The predicted molar refractivity (Wildman–Crippen MR) is 58.7 cm³/mol. The van der Waals surface area contributed by atoms with Gasteiger partial charge in [-0.1, -0.05) is 18.2 Å². The Balaban J connectivity index is 2.27. The van der Waals surface area contributed by atoms with E-state index in [2.05, 4.69) is 29.2 Å². The van der Waals surface area contributed by atoms with Crippen LogP contribution in [0.5, 0.6) is 0 Å². The molecule has 0 saturated heterocycles. The maximum Gasteiger partial charge on any atom is 0.0606 e. The van der Waals surface area contributed by atoms with Gasteiger partial charge >= 0.3 is 0 Å². The van der Waals surface area contributed by atoms with Gasteiger partial charge in [-0.2, -0.15) is 0 Å². The third-order valence-corrected chi connectivity index (χ3v) is 2.83. The molecule has 0 atom stereocenters. The molecule has 0 bridgehead atoms. The molecule has 1 aliphatic rings. The van der Waals surface area contributed by atoms with Gasteiger partial charge < -0.3 is 10.0 Å². The molecule has 0 aromatic heterocycles. The molecule has 0 saturated carbocycles. The van der Waals surface area contributed by atoms with Crippen LogP contribution in [0.3, 0.4) is 0 Å². The van der Waals surface area contributed by atoms with Crippen LogP contribution in [-0.2, 0) is 6.42 Å². The van der Waals surface area contributed by atoms with Crippen molar-refractivity contribution in [2.24, 2.45) is 0 Å². The second kappa shape index (κ2) is 4.47. The van der Waals surface area contributed by atoms with Gasteiger partial charge in [0.2, 0.25) is 0 Å². The topological polar surface area (TPSA) is 23.5 Å². The molecule has 0 spiro atoms. The first-order chi connectivity index (χ1) is 6.92. The second-order valence-electron chi connectivity index (χ2n) is 3.80.